The summed E-state index contributed by atoms with van der Waals surface area (Å²) >= 11 is 1.35. The number of aromatic nitrogens is 3. The van der Waals surface area contributed by atoms with Crippen LogP contribution < -0.4 is 4.90 Å². The van der Waals surface area contributed by atoms with Crippen molar-refractivity contribution in [2.24, 2.45) is 0 Å². The third kappa shape index (κ3) is 3.83. The Bertz CT molecular complexity index is 1230. The van der Waals surface area contributed by atoms with Crippen LogP contribution in [0.4, 0.5) is 5.69 Å². The molecule has 10 heteroatoms. The fourth-order valence-electron chi connectivity index (χ4n) is 4.17. The van der Waals surface area contributed by atoms with Crippen LogP contribution in [0.3, 0.4) is 0 Å². The molecule has 1 amide bonds. The van der Waals surface area contributed by atoms with Crippen molar-refractivity contribution in [3.05, 3.63) is 48.2 Å². The highest BCUT2D eigenvalue weighted by Crippen LogP contribution is 2.32. The Morgan fingerprint density at radius 2 is 1.87 bits per heavy atom. The van der Waals surface area contributed by atoms with E-state index in [-0.39, 0.29) is 11.7 Å². The minimum absolute atomic E-state index is 0.0249. The number of rotatable bonds is 5. The summed E-state index contributed by atoms with van der Waals surface area (Å²) < 4.78 is 29.4. The topological polar surface area (TPSA) is 87.9 Å². The normalized spacial score (nSPS) is 17.2. The summed E-state index contributed by atoms with van der Waals surface area (Å²) in [6.45, 7) is 1.72. The summed E-state index contributed by atoms with van der Waals surface area (Å²) in [7, 11) is -3.47. The minimum Gasteiger partial charge on any atom is -0.311 e. The van der Waals surface area contributed by atoms with E-state index in [9.17, 15) is 13.2 Å². The van der Waals surface area contributed by atoms with E-state index in [0.29, 0.717) is 36.1 Å². The number of pyridine rings is 1. The molecule has 0 aliphatic carbocycles. The molecule has 3 aromatic rings. The molecule has 2 aliphatic rings. The van der Waals surface area contributed by atoms with Gasteiger partial charge in [0.1, 0.15) is 0 Å². The first-order chi connectivity index (χ1) is 15.0. The molecule has 0 unspecified atom stereocenters. The van der Waals surface area contributed by atoms with Gasteiger partial charge in [-0.3, -0.25) is 9.20 Å². The number of carbonyl (C=O) groups is 1. The van der Waals surface area contributed by atoms with Gasteiger partial charge in [-0.25, -0.2) is 8.42 Å². The molecule has 1 fully saturated rings. The first kappa shape index (κ1) is 20.5. The van der Waals surface area contributed by atoms with Crippen LogP contribution in [0.25, 0.3) is 5.65 Å². The molecule has 0 saturated carbocycles. The van der Waals surface area contributed by atoms with E-state index in [4.69, 9.17) is 0 Å². The molecule has 1 saturated heterocycles. The van der Waals surface area contributed by atoms with Crippen LogP contribution in [-0.2, 0) is 21.2 Å². The van der Waals surface area contributed by atoms with Gasteiger partial charge in [0.2, 0.25) is 15.9 Å². The maximum absolute atomic E-state index is 13.0. The van der Waals surface area contributed by atoms with Gasteiger partial charge in [-0.1, -0.05) is 24.2 Å². The highest BCUT2D eigenvalue weighted by molar-refractivity contribution is 7.99. The molecular formula is C21H23N5O3S2. The van der Waals surface area contributed by atoms with Crippen molar-refractivity contribution in [2.75, 3.05) is 30.3 Å². The number of thioether (sulfide) groups is 1. The quantitative estimate of drug-likeness (QED) is 0.547. The predicted molar refractivity (Wildman–Crippen MR) is 119 cm³/mol. The molecule has 0 N–H and O–H groups in total. The third-order valence-corrected chi connectivity index (χ3v) is 8.63. The number of benzene rings is 1. The highest BCUT2D eigenvalue weighted by atomic mass is 32.2. The predicted octanol–water partition coefficient (Wildman–Crippen LogP) is 2.59. The van der Waals surface area contributed by atoms with Crippen molar-refractivity contribution >= 4 is 39.0 Å². The van der Waals surface area contributed by atoms with Crippen molar-refractivity contribution in [1.82, 2.24) is 18.9 Å². The van der Waals surface area contributed by atoms with Crippen LogP contribution in [0.2, 0.25) is 0 Å². The summed E-state index contributed by atoms with van der Waals surface area (Å²) in [5, 5.41) is 8.94. The lowest BCUT2D eigenvalue weighted by atomic mass is 10.2. The van der Waals surface area contributed by atoms with E-state index in [1.54, 1.807) is 27.4 Å². The molecule has 8 nitrogen and oxygen atoms in total. The number of nitrogens with zero attached hydrogens (tertiary/aromatic N) is 5. The number of amides is 1. The Morgan fingerprint density at radius 3 is 2.71 bits per heavy atom. The zero-order valence-corrected chi connectivity index (χ0v) is 18.6. The van der Waals surface area contributed by atoms with Gasteiger partial charge in [-0.05, 0) is 55.2 Å². The molecule has 0 radical (unpaired) electrons. The molecule has 2 aromatic heterocycles. The van der Waals surface area contributed by atoms with Crippen LogP contribution in [-0.4, -0.2) is 58.6 Å². The summed E-state index contributed by atoms with van der Waals surface area (Å²) in [5.74, 6) is 0.214. The molecule has 5 rings (SSSR count). The Hall–Kier alpha value is -2.43. The fraction of sp³-hybridized carbons (Fsp3) is 0.381. The molecule has 0 bridgehead atoms. The van der Waals surface area contributed by atoms with Crippen molar-refractivity contribution in [1.29, 1.82) is 0 Å². The van der Waals surface area contributed by atoms with E-state index < -0.39 is 10.0 Å². The highest BCUT2D eigenvalue weighted by Gasteiger charge is 2.30. The molecule has 2 aliphatic heterocycles. The molecular weight excluding hydrogens is 434 g/mol. The third-order valence-electron chi connectivity index (χ3n) is 5.81. The van der Waals surface area contributed by atoms with Crippen LogP contribution in [0.5, 0.6) is 0 Å². The molecule has 31 heavy (non-hydrogen) atoms. The van der Waals surface area contributed by atoms with Gasteiger partial charge < -0.3 is 4.90 Å². The van der Waals surface area contributed by atoms with Crippen LogP contribution in [0, 0.1) is 0 Å². The van der Waals surface area contributed by atoms with E-state index in [2.05, 4.69) is 10.2 Å². The van der Waals surface area contributed by atoms with E-state index >= 15 is 0 Å². The second-order valence-electron chi connectivity index (χ2n) is 7.75. The molecule has 4 heterocycles. The van der Waals surface area contributed by atoms with Gasteiger partial charge in [0, 0.05) is 31.5 Å². The minimum atomic E-state index is -3.47. The van der Waals surface area contributed by atoms with E-state index in [1.165, 1.54) is 11.8 Å². The number of carbonyl (C=O) groups excluding carboxylic acids is 1. The van der Waals surface area contributed by atoms with Gasteiger partial charge >= 0.3 is 0 Å². The molecule has 1 aromatic carbocycles. The molecule has 0 spiro atoms. The van der Waals surface area contributed by atoms with Gasteiger partial charge in [-0.2, -0.15) is 4.31 Å². The van der Waals surface area contributed by atoms with Gasteiger partial charge in [-0.15, -0.1) is 10.2 Å². The van der Waals surface area contributed by atoms with Crippen molar-refractivity contribution in [2.45, 2.75) is 35.7 Å². The smallest absolute Gasteiger partial charge is 0.243 e. The Labute approximate surface area is 185 Å². The van der Waals surface area contributed by atoms with E-state index in [0.717, 1.165) is 36.2 Å². The molecule has 162 valence electrons. The van der Waals surface area contributed by atoms with E-state index in [1.807, 2.05) is 28.8 Å². The maximum Gasteiger partial charge on any atom is 0.243 e. The average molecular weight is 458 g/mol. The zero-order valence-electron chi connectivity index (χ0n) is 17.0. The monoisotopic (exact) mass is 457 g/mol. The largest absolute Gasteiger partial charge is 0.311 e. The number of fused-ring (bicyclic) bond motifs is 2. The standard InChI is InChI=1S/C21H23N5O3S2/c27-20(15-30-21-23-22-19-6-2-5-12-26(19)21)25-13-9-16-14-17(7-8-18(16)25)31(28,29)24-10-3-1-4-11-24/h2,5-8,12,14H,1,3-4,9-11,13,15H2. The average Bonchev–Trinajstić information content (AvgIpc) is 3.42. The first-order valence-corrected chi connectivity index (χ1v) is 12.8. The number of sulfonamides is 1. The lowest BCUT2D eigenvalue weighted by molar-refractivity contribution is -0.116. The lowest BCUT2D eigenvalue weighted by Gasteiger charge is -2.26. The SMILES string of the molecule is O=C(CSc1nnc2ccccn12)N1CCc2cc(S(=O)(=O)N3CCCCC3)ccc21. The van der Waals surface area contributed by atoms with Crippen molar-refractivity contribution in [3.63, 3.8) is 0 Å². The summed E-state index contributed by atoms with van der Waals surface area (Å²) in [4.78, 5) is 15.0. The Balaban J connectivity index is 1.30. The summed E-state index contributed by atoms with van der Waals surface area (Å²) in [6.07, 6.45) is 5.42. The van der Waals surface area contributed by atoms with Crippen LogP contribution >= 0.6 is 11.8 Å². The zero-order chi connectivity index (χ0) is 21.4. The first-order valence-electron chi connectivity index (χ1n) is 10.4. The Kier molecular flexibility index (Phi) is 5.45. The number of hydrogen-bond donors (Lipinski definition) is 0. The number of piperidine rings is 1. The van der Waals surface area contributed by atoms with Gasteiger partial charge in [0.15, 0.2) is 10.8 Å². The van der Waals surface area contributed by atoms with Gasteiger partial charge in [0.05, 0.1) is 10.6 Å². The lowest BCUT2D eigenvalue weighted by Crippen LogP contribution is -2.35. The van der Waals surface area contributed by atoms with Crippen molar-refractivity contribution in [3.8, 4) is 0 Å². The maximum atomic E-state index is 13.0. The van der Waals surface area contributed by atoms with Crippen LogP contribution in [0.1, 0.15) is 24.8 Å². The van der Waals surface area contributed by atoms with Crippen molar-refractivity contribution < 1.29 is 13.2 Å². The number of hydrogen-bond acceptors (Lipinski definition) is 6. The second kappa shape index (κ2) is 8.25. The molecule has 0 atom stereocenters. The summed E-state index contributed by atoms with van der Waals surface area (Å²) in [5.41, 5.74) is 2.45. The van der Waals surface area contributed by atoms with Crippen LogP contribution in [0.15, 0.2) is 52.6 Å². The number of anilines is 1. The second-order valence-corrected chi connectivity index (χ2v) is 10.6. The fourth-order valence-corrected chi connectivity index (χ4v) is 6.54. The van der Waals surface area contributed by atoms with Gasteiger partial charge in [0.25, 0.3) is 0 Å². The summed E-state index contributed by atoms with van der Waals surface area (Å²) in [6, 6.07) is 10.8. The Morgan fingerprint density at radius 1 is 1.03 bits per heavy atom.